The molecule has 21 heavy (non-hydrogen) atoms. The zero-order valence-corrected chi connectivity index (χ0v) is 12.5. The van der Waals surface area contributed by atoms with Crippen molar-refractivity contribution in [2.24, 2.45) is 0 Å². The number of benzene rings is 1. The van der Waals surface area contributed by atoms with Gasteiger partial charge in [0.05, 0.1) is 16.7 Å². The van der Waals surface area contributed by atoms with Crippen molar-refractivity contribution in [1.82, 2.24) is 4.31 Å². The Morgan fingerprint density at radius 2 is 2.10 bits per heavy atom. The van der Waals surface area contributed by atoms with E-state index >= 15 is 0 Å². The first-order chi connectivity index (χ1) is 9.71. The average Bonchev–Trinajstić information content (AvgIpc) is 2.38. The highest BCUT2D eigenvalue weighted by molar-refractivity contribution is 7.89. The van der Waals surface area contributed by atoms with Crippen LogP contribution in [0.5, 0.6) is 0 Å². The molecule has 0 aromatic heterocycles. The summed E-state index contributed by atoms with van der Waals surface area (Å²) in [4.78, 5) is 9.78. The molecule has 0 saturated heterocycles. The number of nitrogens with zero attached hydrogens (tertiary/aromatic N) is 3. The lowest BCUT2D eigenvalue weighted by molar-refractivity contribution is -0.385. The fraction of sp³-hybridized carbons (Fsp3) is 0.417. The zero-order valence-electron chi connectivity index (χ0n) is 11.7. The van der Waals surface area contributed by atoms with Gasteiger partial charge < -0.3 is 5.73 Å². The van der Waals surface area contributed by atoms with Crippen LogP contribution in [0, 0.1) is 21.4 Å². The van der Waals surface area contributed by atoms with Crippen LogP contribution in [0.15, 0.2) is 23.1 Å². The standard InChI is InChI=1S/C12H16N4O4S/c1-9(2)15(7-3-6-13)21(19,20)12-8-10(16(17)18)4-5-11(12)14/h4-5,8-9H,3,7,14H2,1-2H3. The fourth-order valence-corrected chi connectivity index (χ4v) is 3.58. The quantitative estimate of drug-likeness (QED) is 0.481. The van der Waals surface area contributed by atoms with E-state index < -0.39 is 21.0 Å². The van der Waals surface area contributed by atoms with Gasteiger partial charge in [-0.3, -0.25) is 10.1 Å². The lowest BCUT2D eigenvalue weighted by Crippen LogP contribution is -2.37. The smallest absolute Gasteiger partial charge is 0.270 e. The van der Waals surface area contributed by atoms with Gasteiger partial charge in [0.1, 0.15) is 4.90 Å². The number of sulfonamides is 1. The first-order valence-electron chi connectivity index (χ1n) is 6.14. The van der Waals surface area contributed by atoms with Gasteiger partial charge in [0, 0.05) is 31.1 Å². The van der Waals surface area contributed by atoms with E-state index in [0.717, 1.165) is 16.4 Å². The van der Waals surface area contributed by atoms with Crippen molar-refractivity contribution in [2.75, 3.05) is 12.3 Å². The Morgan fingerprint density at radius 1 is 1.48 bits per heavy atom. The van der Waals surface area contributed by atoms with Crippen molar-refractivity contribution < 1.29 is 13.3 Å². The fourth-order valence-electron chi connectivity index (χ4n) is 1.80. The van der Waals surface area contributed by atoms with Crippen LogP contribution in [0.25, 0.3) is 0 Å². The summed E-state index contributed by atoms with van der Waals surface area (Å²) in [7, 11) is -4.01. The average molecular weight is 312 g/mol. The summed E-state index contributed by atoms with van der Waals surface area (Å²) < 4.78 is 26.3. The second-order valence-corrected chi connectivity index (χ2v) is 6.46. The molecule has 0 aliphatic heterocycles. The van der Waals surface area contributed by atoms with E-state index in [1.165, 1.54) is 6.07 Å². The Labute approximate surface area is 123 Å². The number of hydrogen-bond donors (Lipinski definition) is 1. The monoisotopic (exact) mass is 312 g/mol. The summed E-state index contributed by atoms with van der Waals surface area (Å²) in [5.74, 6) is 0. The molecular weight excluding hydrogens is 296 g/mol. The number of hydrogen-bond acceptors (Lipinski definition) is 6. The van der Waals surface area contributed by atoms with Crippen molar-refractivity contribution >= 4 is 21.4 Å². The molecule has 0 amide bonds. The van der Waals surface area contributed by atoms with Gasteiger partial charge >= 0.3 is 0 Å². The van der Waals surface area contributed by atoms with Crippen LogP contribution in [-0.2, 0) is 10.0 Å². The molecule has 0 fully saturated rings. The molecule has 0 aliphatic rings. The van der Waals surface area contributed by atoms with E-state index in [9.17, 15) is 18.5 Å². The first-order valence-corrected chi connectivity index (χ1v) is 7.58. The van der Waals surface area contributed by atoms with Crippen LogP contribution >= 0.6 is 0 Å². The molecule has 0 atom stereocenters. The van der Waals surface area contributed by atoms with Gasteiger partial charge in [-0.25, -0.2) is 8.42 Å². The normalized spacial score (nSPS) is 11.6. The van der Waals surface area contributed by atoms with Crippen LogP contribution in [0.1, 0.15) is 20.3 Å². The molecule has 114 valence electrons. The van der Waals surface area contributed by atoms with E-state index in [-0.39, 0.29) is 29.2 Å². The van der Waals surface area contributed by atoms with Gasteiger partial charge in [-0.2, -0.15) is 9.57 Å². The molecule has 2 N–H and O–H groups in total. The summed E-state index contributed by atoms with van der Waals surface area (Å²) in [5, 5.41) is 19.4. The second kappa shape index (κ2) is 6.51. The molecule has 1 rings (SSSR count). The summed E-state index contributed by atoms with van der Waals surface area (Å²) >= 11 is 0. The van der Waals surface area contributed by atoms with E-state index in [2.05, 4.69) is 0 Å². The minimum Gasteiger partial charge on any atom is -0.398 e. The van der Waals surface area contributed by atoms with E-state index in [1.54, 1.807) is 13.8 Å². The van der Waals surface area contributed by atoms with Gasteiger partial charge in [0.2, 0.25) is 10.0 Å². The Kier molecular flexibility index (Phi) is 5.23. The van der Waals surface area contributed by atoms with Gasteiger partial charge in [-0.15, -0.1) is 0 Å². The van der Waals surface area contributed by atoms with Crippen molar-refractivity contribution in [3.05, 3.63) is 28.3 Å². The number of nitriles is 1. The zero-order chi connectivity index (χ0) is 16.2. The Balaban J connectivity index is 3.37. The molecule has 0 unspecified atom stereocenters. The third-order valence-electron chi connectivity index (χ3n) is 2.81. The lowest BCUT2D eigenvalue weighted by atomic mass is 10.3. The molecule has 0 heterocycles. The third kappa shape index (κ3) is 3.68. The first kappa shape index (κ1) is 16.9. The largest absolute Gasteiger partial charge is 0.398 e. The van der Waals surface area contributed by atoms with Gasteiger partial charge in [0.25, 0.3) is 5.69 Å². The maximum atomic E-state index is 12.6. The van der Waals surface area contributed by atoms with Crippen molar-refractivity contribution in [2.45, 2.75) is 31.2 Å². The molecule has 0 spiro atoms. The van der Waals surface area contributed by atoms with E-state index in [0.29, 0.717) is 0 Å². The van der Waals surface area contributed by atoms with Crippen molar-refractivity contribution in [3.63, 3.8) is 0 Å². The number of nitrogen functional groups attached to an aromatic ring is 1. The highest BCUT2D eigenvalue weighted by atomic mass is 32.2. The molecule has 9 heteroatoms. The molecule has 8 nitrogen and oxygen atoms in total. The topological polar surface area (TPSA) is 130 Å². The summed E-state index contributed by atoms with van der Waals surface area (Å²) in [6.45, 7) is 3.31. The highest BCUT2D eigenvalue weighted by Crippen LogP contribution is 2.28. The van der Waals surface area contributed by atoms with Gasteiger partial charge in [-0.05, 0) is 19.9 Å². The molecule has 0 aliphatic carbocycles. The van der Waals surface area contributed by atoms with E-state index in [4.69, 9.17) is 11.0 Å². The number of anilines is 1. The van der Waals surface area contributed by atoms with Crippen LogP contribution in [0.4, 0.5) is 11.4 Å². The van der Waals surface area contributed by atoms with Crippen LogP contribution in [0.2, 0.25) is 0 Å². The molecule has 0 radical (unpaired) electrons. The number of non-ortho nitro benzene ring substituents is 1. The molecule has 1 aromatic carbocycles. The summed E-state index contributed by atoms with van der Waals surface area (Å²) in [5.41, 5.74) is 5.23. The number of nitro groups is 1. The Hall–Kier alpha value is -2.18. The van der Waals surface area contributed by atoms with Gasteiger partial charge in [-0.1, -0.05) is 0 Å². The van der Waals surface area contributed by atoms with Gasteiger partial charge in [0.15, 0.2) is 0 Å². The summed E-state index contributed by atoms with van der Waals surface area (Å²) in [6, 6.07) is 4.74. The SMILES string of the molecule is CC(C)N(CCC#N)S(=O)(=O)c1cc([N+](=O)[O-])ccc1N. The molecule has 1 aromatic rings. The molecule has 0 saturated carbocycles. The van der Waals surface area contributed by atoms with Crippen molar-refractivity contribution in [1.29, 1.82) is 5.26 Å². The maximum absolute atomic E-state index is 12.6. The van der Waals surface area contributed by atoms with Crippen LogP contribution in [0.3, 0.4) is 0 Å². The maximum Gasteiger partial charge on any atom is 0.270 e. The second-order valence-electron chi connectivity index (χ2n) is 4.60. The number of rotatable bonds is 6. The molecule has 0 bridgehead atoms. The minimum atomic E-state index is -4.01. The third-order valence-corrected chi connectivity index (χ3v) is 4.95. The molecular formula is C12H16N4O4S. The van der Waals surface area contributed by atoms with Crippen LogP contribution < -0.4 is 5.73 Å². The van der Waals surface area contributed by atoms with E-state index in [1.807, 2.05) is 6.07 Å². The van der Waals surface area contributed by atoms with Crippen LogP contribution in [-0.4, -0.2) is 30.2 Å². The lowest BCUT2D eigenvalue weighted by Gasteiger charge is -2.25. The number of nitro benzene ring substituents is 1. The van der Waals surface area contributed by atoms with Crippen molar-refractivity contribution in [3.8, 4) is 6.07 Å². The Bertz CT molecular complexity index is 679. The highest BCUT2D eigenvalue weighted by Gasteiger charge is 2.30. The number of nitrogens with two attached hydrogens (primary N) is 1. The summed E-state index contributed by atoms with van der Waals surface area (Å²) in [6.07, 6.45) is 0.0201. The Morgan fingerprint density at radius 3 is 2.57 bits per heavy atom. The minimum absolute atomic E-state index is 0.00136. The predicted molar refractivity (Wildman–Crippen MR) is 76.8 cm³/mol. The predicted octanol–water partition coefficient (Wildman–Crippen LogP) is 1.49.